The molecular formula is C23H19FN2O2. The normalized spacial score (nSPS) is 10.4. The van der Waals surface area contributed by atoms with E-state index in [0.717, 1.165) is 11.1 Å². The van der Waals surface area contributed by atoms with E-state index in [2.05, 4.69) is 11.4 Å². The van der Waals surface area contributed by atoms with E-state index in [9.17, 15) is 14.3 Å². The lowest BCUT2D eigenvalue weighted by atomic mass is 10.00. The van der Waals surface area contributed by atoms with Gasteiger partial charge in [-0.25, -0.2) is 4.39 Å². The van der Waals surface area contributed by atoms with Gasteiger partial charge in [0.1, 0.15) is 11.6 Å². The van der Waals surface area contributed by atoms with Crippen LogP contribution in [0.4, 0.5) is 10.1 Å². The average molecular weight is 374 g/mol. The molecular weight excluding hydrogens is 355 g/mol. The van der Waals surface area contributed by atoms with Crippen LogP contribution in [0.3, 0.4) is 0 Å². The topological polar surface area (TPSA) is 73.1 Å². The minimum Gasteiger partial charge on any atom is -0.507 e. The van der Waals surface area contributed by atoms with E-state index < -0.39 is 11.7 Å². The summed E-state index contributed by atoms with van der Waals surface area (Å²) in [6.45, 7) is 3.72. The summed E-state index contributed by atoms with van der Waals surface area (Å²) in [5.41, 5.74) is 3.58. The van der Waals surface area contributed by atoms with Crippen molar-refractivity contribution in [1.82, 2.24) is 0 Å². The quantitative estimate of drug-likeness (QED) is 0.660. The molecule has 5 heteroatoms. The van der Waals surface area contributed by atoms with Gasteiger partial charge >= 0.3 is 0 Å². The number of nitriles is 1. The standard InChI is InChI=1S/C23H19FN2O2/c1-3-16-11-15(13-25)5-8-21(16)26-23(28)19-12-17(6-9-22(19)27)18-7-4-14(2)10-20(18)24/h4-12,27H,3H2,1-2H3,(H,26,28). The Morgan fingerprint density at radius 2 is 1.93 bits per heavy atom. The van der Waals surface area contributed by atoms with Gasteiger partial charge in [-0.3, -0.25) is 4.79 Å². The number of nitrogens with zero attached hydrogens (tertiary/aromatic N) is 1. The molecule has 0 aromatic heterocycles. The average Bonchev–Trinajstić information content (AvgIpc) is 2.69. The molecule has 4 nitrogen and oxygen atoms in total. The molecule has 0 fully saturated rings. The van der Waals surface area contributed by atoms with Crippen molar-refractivity contribution < 1.29 is 14.3 Å². The third kappa shape index (κ3) is 3.86. The third-order valence-corrected chi connectivity index (χ3v) is 4.54. The number of hydrogen-bond donors (Lipinski definition) is 2. The van der Waals surface area contributed by atoms with Gasteiger partial charge in [0.15, 0.2) is 0 Å². The lowest BCUT2D eigenvalue weighted by Gasteiger charge is -2.12. The first-order valence-electron chi connectivity index (χ1n) is 8.87. The molecule has 2 N–H and O–H groups in total. The third-order valence-electron chi connectivity index (χ3n) is 4.54. The van der Waals surface area contributed by atoms with Crippen molar-refractivity contribution in [1.29, 1.82) is 5.26 Å². The van der Waals surface area contributed by atoms with Crippen molar-refractivity contribution in [3.63, 3.8) is 0 Å². The minimum absolute atomic E-state index is 0.0453. The van der Waals surface area contributed by atoms with Gasteiger partial charge in [0.25, 0.3) is 5.91 Å². The van der Waals surface area contributed by atoms with E-state index in [4.69, 9.17) is 5.26 Å². The van der Waals surface area contributed by atoms with Gasteiger partial charge in [-0.2, -0.15) is 5.26 Å². The zero-order valence-corrected chi connectivity index (χ0v) is 15.6. The van der Waals surface area contributed by atoms with Gasteiger partial charge in [0.2, 0.25) is 0 Å². The van der Waals surface area contributed by atoms with Crippen LogP contribution in [0.15, 0.2) is 54.6 Å². The Hall–Kier alpha value is -3.65. The number of phenols is 1. The van der Waals surface area contributed by atoms with Crippen LogP contribution in [0.5, 0.6) is 5.75 Å². The van der Waals surface area contributed by atoms with E-state index in [1.54, 1.807) is 43.3 Å². The summed E-state index contributed by atoms with van der Waals surface area (Å²) >= 11 is 0. The molecule has 3 aromatic carbocycles. The molecule has 28 heavy (non-hydrogen) atoms. The lowest BCUT2D eigenvalue weighted by molar-refractivity contribution is 0.102. The summed E-state index contributed by atoms with van der Waals surface area (Å²) in [4.78, 5) is 12.8. The number of carbonyl (C=O) groups is 1. The summed E-state index contributed by atoms with van der Waals surface area (Å²) in [6.07, 6.45) is 0.631. The van der Waals surface area contributed by atoms with Gasteiger partial charge in [-0.1, -0.05) is 25.1 Å². The Balaban J connectivity index is 1.95. The van der Waals surface area contributed by atoms with E-state index >= 15 is 0 Å². The Morgan fingerprint density at radius 3 is 2.61 bits per heavy atom. The second kappa shape index (κ2) is 7.93. The van der Waals surface area contributed by atoms with E-state index in [1.165, 1.54) is 18.2 Å². The molecule has 0 heterocycles. The van der Waals surface area contributed by atoms with Gasteiger partial charge in [0.05, 0.1) is 17.2 Å². The van der Waals surface area contributed by atoms with Crippen molar-refractivity contribution >= 4 is 11.6 Å². The van der Waals surface area contributed by atoms with Crippen molar-refractivity contribution in [2.24, 2.45) is 0 Å². The summed E-state index contributed by atoms with van der Waals surface area (Å²) in [7, 11) is 0. The van der Waals surface area contributed by atoms with Crippen LogP contribution >= 0.6 is 0 Å². The number of halogens is 1. The number of benzene rings is 3. The summed E-state index contributed by atoms with van der Waals surface area (Å²) in [5, 5.41) is 21.9. The zero-order valence-electron chi connectivity index (χ0n) is 15.6. The molecule has 1 amide bonds. The number of amides is 1. The number of aromatic hydroxyl groups is 1. The number of nitrogens with one attached hydrogen (secondary N) is 1. The van der Waals surface area contributed by atoms with Crippen molar-refractivity contribution in [3.8, 4) is 22.9 Å². The van der Waals surface area contributed by atoms with Crippen LogP contribution in [0.1, 0.15) is 34.0 Å². The molecule has 0 saturated heterocycles. The van der Waals surface area contributed by atoms with Crippen molar-refractivity contribution in [3.05, 3.63) is 82.7 Å². The highest BCUT2D eigenvalue weighted by molar-refractivity contribution is 6.07. The minimum atomic E-state index is -0.508. The summed E-state index contributed by atoms with van der Waals surface area (Å²) < 4.78 is 14.3. The van der Waals surface area contributed by atoms with Gasteiger partial charge in [0, 0.05) is 11.3 Å². The Bertz CT molecular complexity index is 1100. The number of aryl methyl sites for hydroxylation is 2. The monoisotopic (exact) mass is 374 g/mol. The molecule has 0 aliphatic carbocycles. The summed E-state index contributed by atoms with van der Waals surface area (Å²) in [5.74, 6) is -1.09. The predicted molar refractivity (Wildman–Crippen MR) is 107 cm³/mol. The van der Waals surface area contributed by atoms with Crippen LogP contribution in [-0.4, -0.2) is 11.0 Å². The highest BCUT2D eigenvalue weighted by atomic mass is 19.1. The smallest absolute Gasteiger partial charge is 0.259 e. The molecule has 0 bridgehead atoms. The number of anilines is 1. The molecule has 0 radical (unpaired) electrons. The van der Waals surface area contributed by atoms with Gasteiger partial charge in [-0.05, 0) is 66.4 Å². The number of hydrogen-bond acceptors (Lipinski definition) is 3. The number of carbonyl (C=O) groups excluding carboxylic acids is 1. The molecule has 3 rings (SSSR count). The largest absolute Gasteiger partial charge is 0.507 e. The molecule has 0 unspecified atom stereocenters. The second-order valence-corrected chi connectivity index (χ2v) is 6.51. The van der Waals surface area contributed by atoms with E-state index in [-0.39, 0.29) is 11.3 Å². The molecule has 0 atom stereocenters. The number of phenolic OH excluding ortho intramolecular Hbond substituents is 1. The first-order valence-corrected chi connectivity index (χ1v) is 8.87. The maximum absolute atomic E-state index is 14.3. The van der Waals surface area contributed by atoms with Crippen molar-refractivity contribution in [2.45, 2.75) is 20.3 Å². The van der Waals surface area contributed by atoms with Crippen LogP contribution in [-0.2, 0) is 6.42 Å². The van der Waals surface area contributed by atoms with Crippen LogP contribution < -0.4 is 5.32 Å². The maximum atomic E-state index is 14.3. The zero-order chi connectivity index (χ0) is 20.3. The fourth-order valence-corrected chi connectivity index (χ4v) is 3.01. The molecule has 3 aromatic rings. The predicted octanol–water partition coefficient (Wildman–Crippen LogP) is 5.19. The van der Waals surface area contributed by atoms with Crippen LogP contribution in [0.25, 0.3) is 11.1 Å². The molecule has 0 aliphatic heterocycles. The van der Waals surface area contributed by atoms with Crippen molar-refractivity contribution in [2.75, 3.05) is 5.32 Å². The molecule has 0 aliphatic rings. The fraction of sp³-hybridized carbons (Fsp3) is 0.130. The Labute approximate surface area is 162 Å². The Kier molecular flexibility index (Phi) is 5.42. The Morgan fingerprint density at radius 1 is 1.14 bits per heavy atom. The summed E-state index contributed by atoms with van der Waals surface area (Å²) in [6, 6.07) is 16.3. The lowest BCUT2D eigenvalue weighted by Crippen LogP contribution is -2.13. The number of rotatable bonds is 4. The van der Waals surface area contributed by atoms with Crippen LogP contribution in [0, 0.1) is 24.1 Å². The van der Waals surface area contributed by atoms with E-state index in [0.29, 0.717) is 28.8 Å². The molecule has 0 spiro atoms. The molecule has 140 valence electrons. The molecule has 0 saturated carbocycles. The van der Waals surface area contributed by atoms with Gasteiger partial charge in [-0.15, -0.1) is 0 Å². The van der Waals surface area contributed by atoms with Gasteiger partial charge < -0.3 is 10.4 Å². The van der Waals surface area contributed by atoms with E-state index in [1.807, 2.05) is 6.92 Å². The van der Waals surface area contributed by atoms with Crippen LogP contribution in [0.2, 0.25) is 0 Å². The SMILES string of the molecule is CCc1cc(C#N)ccc1NC(=O)c1cc(-c2ccc(C)cc2F)ccc1O. The second-order valence-electron chi connectivity index (χ2n) is 6.51. The maximum Gasteiger partial charge on any atom is 0.259 e. The highest BCUT2D eigenvalue weighted by Crippen LogP contribution is 2.29. The highest BCUT2D eigenvalue weighted by Gasteiger charge is 2.16. The fourth-order valence-electron chi connectivity index (χ4n) is 3.01. The first-order chi connectivity index (χ1) is 13.4. The first kappa shape index (κ1) is 19.1.